The van der Waals surface area contributed by atoms with E-state index in [0.29, 0.717) is 0 Å². The van der Waals surface area contributed by atoms with Crippen molar-refractivity contribution in [2.75, 3.05) is 50.1 Å². The largest absolute Gasteiger partial charge is 0.306 e. The molecular formula is C24H54I2N2. The van der Waals surface area contributed by atoms with E-state index in [4.69, 9.17) is 0 Å². The van der Waals surface area contributed by atoms with Gasteiger partial charge in [-0.05, 0) is 75.8 Å². The number of halogens is 2. The molecule has 0 amide bonds. The molecule has 4 heteroatoms. The van der Waals surface area contributed by atoms with Gasteiger partial charge >= 0.3 is 0 Å². The molecule has 0 radical (unpaired) electrons. The fourth-order valence-electron chi connectivity index (χ4n) is 3.31. The Morgan fingerprint density at radius 2 is 0.607 bits per heavy atom. The van der Waals surface area contributed by atoms with E-state index >= 15 is 0 Å². The van der Waals surface area contributed by atoms with E-state index in [2.05, 4.69) is 82.9 Å². The number of rotatable bonds is 19. The van der Waals surface area contributed by atoms with Gasteiger partial charge in [0.15, 0.2) is 0 Å². The molecule has 0 heterocycles. The van der Waals surface area contributed by atoms with Crippen molar-refractivity contribution in [2.24, 2.45) is 0 Å². The molecule has 0 N–H and O–H groups in total. The molecule has 0 spiro atoms. The molecule has 0 saturated carbocycles. The Morgan fingerprint density at radius 3 is 0.821 bits per heavy atom. The lowest BCUT2D eigenvalue weighted by atomic mass is 10.1. The van der Waals surface area contributed by atoms with Crippen LogP contribution in [0.3, 0.4) is 0 Å². The fraction of sp³-hybridized carbons (Fsp3) is 1.00. The van der Waals surface area contributed by atoms with Crippen LogP contribution in [-0.4, -0.2) is 59.9 Å². The Hall–Kier alpha value is 1.38. The maximum absolute atomic E-state index is 2.54. The molecule has 0 aliphatic carbocycles. The van der Waals surface area contributed by atoms with Crippen LogP contribution in [0.5, 0.6) is 0 Å². The molecule has 28 heavy (non-hydrogen) atoms. The highest BCUT2D eigenvalue weighted by Crippen LogP contribution is 2.07. The summed E-state index contributed by atoms with van der Waals surface area (Å²) in [5.41, 5.74) is 0. The van der Waals surface area contributed by atoms with Crippen LogP contribution in [0.15, 0.2) is 0 Å². The van der Waals surface area contributed by atoms with Gasteiger partial charge in [-0.3, -0.25) is 0 Å². The highest BCUT2D eigenvalue weighted by atomic mass is 127. The smallest absolute Gasteiger partial charge is 0.00218 e. The molecule has 0 bridgehead atoms. The van der Waals surface area contributed by atoms with Crippen LogP contribution < -0.4 is 0 Å². The third-order valence-electron chi connectivity index (χ3n) is 5.12. The quantitative estimate of drug-likeness (QED) is 0.0809. The van der Waals surface area contributed by atoms with Crippen molar-refractivity contribution in [3.8, 4) is 0 Å². The maximum atomic E-state index is 2.54. The topological polar surface area (TPSA) is 6.48 Å². The van der Waals surface area contributed by atoms with E-state index in [1.165, 1.54) is 116 Å². The predicted molar refractivity (Wildman–Crippen MR) is 151 cm³/mol. The van der Waals surface area contributed by atoms with Crippen LogP contribution in [0.1, 0.15) is 104 Å². The zero-order valence-corrected chi connectivity index (χ0v) is 24.7. The van der Waals surface area contributed by atoms with E-state index in [-0.39, 0.29) is 0 Å². The molecule has 0 saturated heterocycles. The summed E-state index contributed by atoms with van der Waals surface area (Å²) in [4.78, 5) is 9.01. The van der Waals surface area contributed by atoms with Crippen molar-refractivity contribution in [3.63, 3.8) is 0 Å². The first-order valence-corrected chi connectivity index (χ1v) is 16.1. The number of nitrogens with zero attached hydrogens (tertiary/aromatic N) is 2. The second-order valence-corrected chi connectivity index (χ2v) is 7.85. The van der Waals surface area contributed by atoms with Crippen LogP contribution in [0, 0.1) is 0 Å². The molecule has 0 rings (SSSR count). The predicted octanol–water partition coefficient (Wildman–Crippen LogP) is 8.45. The molecule has 0 aromatic rings. The summed E-state index contributed by atoms with van der Waals surface area (Å²) in [6.45, 7) is 9.76. The molecule has 0 fully saturated rings. The lowest BCUT2D eigenvalue weighted by molar-refractivity contribution is 0.301. The highest BCUT2D eigenvalue weighted by molar-refractivity contribution is 14.1. The Labute approximate surface area is 207 Å². The number of alkyl halides is 2. The van der Waals surface area contributed by atoms with Crippen molar-refractivity contribution in [3.05, 3.63) is 0 Å². The Bertz CT molecular complexity index is 217. The van der Waals surface area contributed by atoms with E-state index in [9.17, 15) is 0 Å². The number of unbranched alkanes of at least 4 members (excludes halogenated alkanes) is 11. The van der Waals surface area contributed by atoms with Gasteiger partial charge in [-0.25, -0.2) is 0 Å². The van der Waals surface area contributed by atoms with Gasteiger partial charge in [0.05, 0.1) is 0 Å². The van der Waals surface area contributed by atoms with Gasteiger partial charge in [-0.15, -0.1) is 0 Å². The molecule has 0 aromatic heterocycles. The van der Waals surface area contributed by atoms with Crippen molar-refractivity contribution in [1.29, 1.82) is 0 Å². The van der Waals surface area contributed by atoms with Gasteiger partial charge in [0.2, 0.25) is 0 Å². The second-order valence-electron chi connectivity index (χ2n) is 7.85. The van der Waals surface area contributed by atoms with E-state index < -0.39 is 0 Å². The minimum absolute atomic E-state index is 1.29. The standard InChI is InChI=1S/C22H48N2.2CH3I/c1-5-7-9-11-15-19-23(3)21-17-13-14-18-22-24(4)20-16-12-10-8-6-2;2*1-2/h5-22H2,1-4H3;2*1H3. The van der Waals surface area contributed by atoms with E-state index in [0.717, 1.165) is 0 Å². The van der Waals surface area contributed by atoms with Gasteiger partial charge < -0.3 is 9.80 Å². The summed E-state index contributed by atoms with van der Waals surface area (Å²) in [6, 6.07) is 0. The Kier molecular flexibility index (Phi) is 40.1. The summed E-state index contributed by atoms with van der Waals surface area (Å²) in [6.07, 6.45) is 19.6. The summed E-state index contributed by atoms with van der Waals surface area (Å²) in [7, 11) is 4.60. The summed E-state index contributed by atoms with van der Waals surface area (Å²) >= 11 is 4.30. The fourth-order valence-corrected chi connectivity index (χ4v) is 3.31. The van der Waals surface area contributed by atoms with Crippen LogP contribution in [0.25, 0.3) is 0 Å². The van der Waals surface area contributed by atoms with Gasteiger partial charge in [-0.1, -0.05) is 123 Å². The van der Waals surface area contributed by atoms with Gasteiger partial charge in [0.1, 0.15) is 0 Å². The van der Waals surface area contributed by atoms with Crippen molar-refractivity contribution in [1.82, 2.24) is 9.80 Å². The second kappa shape index (κ2) is 33.0. The Balaban J connectivity index is -0.00000146. The summed E-state index contributed by atoms with van der Waals surface area (Å²) in [5, 5.41) is 0. The van der Waals surface area contributed by atoms with Gasteiger partial charge in [0.25, 0.3) is 0 Å². The van der Waals surface area contributed by atoms with Crippen LogP contribution in [-0.2, 0) is 0 Å². The molecule has 0 unspecified atom stereocenters. The van der Waals surface area contributed by atoms with Crippen molar-refractivity contribution in [2.45, 2.75) is 104 Å². The average Bonchev–Trinajstić information content (AvgIpc) is 2.73. The van der Waals surface area contributed by atoms with E-state index in [1.54, 1.807) is 0 Å². The first-order chi connectivity index (χ1) is 13.7. The molecule has 174 valence electrons. The molecular weight excluding hydrogens is 570 g/mol. The van der Waals surface area contributed by atoms with Crippen LogP contribution in [0.4, 0.5) is 0 Å². The SMILES string of the molecule is CCCCCCCN(C)CCCCCCN(C)CCCCCCC.CI.CI. The minimum Gasteiger partial charge on any atom is -0.306 e. The van der Waals surface area contributed by atoms with E-state index in [1.807, 2.05) is 9.86 Å². The minimum atomic E-state index is 1.29. The van der Waals surface area contributed by atoms with Crippen LogP contribution >= 0.6 is 45.2 Å². The Morgan fingerprint density at radius 1 is 0.393 bits per heavy atom. The third kappa shape index (κ3) is 32.1. The van der Waals surface area contributed by atoms with Gasteiger partial charge in [0, 0.05) is 0 Å². The molecule has 0 aliphatic rings. The average molecular weight is 625 g/mol. The van der Waals surface area contributed by atoms with Gasteiger partial charge in [-0.2, -0.15) is 0 Å². The summed E-state index contributed by atoms with van der Waals surface area (Å²) < 4.78 is 0. The maximum Gasteiger partial charge on any atom is -0.00218 e. The zero-order chi connectivity index (χ0) is 21.9. The first kappa shape index (κ1) is 34.0. The first-order valence-electron chi connectivity index (χ1n) is 11.8. The van der Waals surface area contributed by atoms with Crippen molar-refractivity contribution >= 4 is 45.2 Å². The normalized spacial score (nSPS) is 10.5. The molecule has 2 nitrogen and oxygen atoms in total. The third-order valence-corrected chi connectivity index (χ3v) is 5.12. The number of hydrogen-bond donors (Lipinski definition) is 0. The van der Waals surface area contributed by atoms with Crippen molar-refractivity contribution < 1.29 is 0 Å². The summed E-state index contributed by atoms with van der Waals surface area (Å²) in [5.74, 6) is 0. The lowest BCUT2D eigenvalue weighted by Crippen LogP contribution is -2.22. The lowest BCUT2D eigenvalue weighted by Gasteiger charge is -2.17. The number of hydrogen-bond acceptors (Lipinski definition) is 2. The monoisotopic (exact) mass is 624 g/mol. The highest BCUT2D eigenvalue weighted by Gasteiger charge is 2.00. The van der Waals surface area contributed by atoms with Crippen LogP contribution in [0.2, 0.25) is 0 Å². The molecule has 0 aromatic carbocycles. The molecule has 0 atom stereocenters. The molecule has 0 aliphatic heterocycles. The zero-order valence-electron chi connectivity index (χ0n) is 20.4.